The molecule has 2 N–H and O–H groups in total. The van der Waals surface area contributed by atoms with E-state index in [0.717, 1.165) is 11.1 Å². The second kappa shape index (κ2) is 11.8. The summed E-state index contributed by atoms with van der Waals surface area (Å²) in [6.07, 6.45) is 3.48. The molecule has 1 fully saturated rings. The second-order valence-corrected chi connectivity index (χ2v) is 7.59. The van der Waals surface area contributed by atoms with Crippen molar-refractivity contribution in [2.45, 2.75) is 18.9 Å². The van der Waals surface area contributed by atoms with Crippen molar-refractivity contribution < 1.29 is 19.1 Å². The van der Waals surface area contributed by atoms with E-state index in [9.17, 15) is 14.4 Å². The van der Waals surface area contributed by atoms with Gasteiger partial charge in [-0.1, -0.05) is 60.7 Å². The van der Waals surface area contributed by atoms with Crippen LogP contribution in [-0.2, 0) is 25.5 Å². The zero-order valence-electron chi connectivity index (χ0n) is 17.5. The Morgan fingerprint density at radius 3 is 2.53 bits per heavy atom. The molecular formula is C24H25N3O4S. The Morgan fingerprint density at radius 1 is 1.12 bits per heavy atom. The number of carbonyl (C=O) groups excluding carboxylic acids is 3. The van der Waals surface area contributed by atoms with Gasteiger partial charge in [-0.2, -0.15) is 0 Å². The van der Waals surface area contributed by atoms with E-state index in [2.05, 4.69) is 10.6 Å². The maximum atomic E-state index is 12.4. The largest absolute Gasteiger partial charge is 0.465 e. The van der Waals surface area contributed by atoms with Gasteiger partial charge >= 0.3 is 5.97 Å². The summed E-state index contributed by atoms with van der Waals surface area (Å²) in [7, 11) is 0. The van der Waals surface area contributed by atoms with Crippen molar-refractivity contribution in [2.75, 3.05) is 19.7 Å². The van der Waals surface area contributed by atoms with Crippen molar-refractivity contribution in [1.29, 1.82) is 0 Å². The zero-order valence-corrected chi connectivity index (χ0v) is 18.3. The summed E-state index contributed by atoms with van der Waals surface area (Å²) >= 11 is 5.34. The molecule has 0 radical (unpaired) electrons. The zero-order chi connectivity index (χ0) is 22.8. The topological polar surface area (TPSA) is 87.7 Å². The summed E-state index contributed by atoms with van der Waals surface area (Å²) in [6, 6.07) is 18.2. The first-order valence-corrected chi connectivity index (χ1v) is 10.8. The number of rotatable bonds is 7. The van der Waals surface area contributed by atoms with Gasteiger partial charge in [0.05, 0.1) is 13.0 Å². The van der Waals surface area contributed by atoms with Gasteiger partial charge in [0.15, 0.2) is 5.11 Å². The number of piperazine rings is 1. The van der Waals surface area contributed by atoms with E-state index in [1.54, 1.807) is 11.0 Å². The highest BCUT2D eigenvalue weighted by molar-refractivity contribution is 7.80. The van der Waals surface area contributed by atoms with E-state index in [1.165, 1.54) is 6.08 Å². The summed E-state index contributed by atoms with van der Waals surface area (Å²) in [5, 5.41) is 5.44. The average Bonchev–Trinajstić information content (AvgIpc) is 2.80. The predicted octanol–water partition coefficient (Wildman–Crippen LogP) is 2.08. The smallest absolute Gasteiger partial charge is 0.308 e. The van der Waals surface area contributed by atoms with Crippen LogP contribution in [0.5, 0.6) is 0 Å². The number of nitrogens with one attached hydrogen (secondary N) is 2. The Morgan fingerprint density at radius 2 is 1.81 bits per heavy atom. The number of benzene rings is 2. The molecule has 8 heteroatoms. The molecule has 0 saturated carbocycles. The van der Waals surface area contributed by atoms with Gasteiger partial charge in [-0.3, -0.25) is 19.7 Å². The molecule has 0 aromatic heterocycles. The van der Waals surface area contributed by atoms with Gasteiger partial charge in [0.25, 0.3) is 0 Å². The summed E-state index contributed by atoms with van der Waals surface area (Å²) in [4.78, 5) is 38.5. The number of hydrogen-bond donors (Lipinski definition) is 2. The van der Waals surface area contributed by atoms with Crippen LogP contribution in [0.1, 0.15) is 17.5 Å². The highest BCUT2D eigenvalue weighted by Gasteiger charge is 2.34. The van der Waals surface area contributed by atoms with Crippen LogP contribution in [0, 0.1) is 0 Å². The van der Waals surface area contributed by atoms with Crippen molar-refractivity contribution in [3.05, 3.63) is 77.9 Å². The normalized spacial score (nSPS) is 15.8. The van der Waals surface area contributed by atoms with Crippen LogP contribution in [0.3, 0.4) is 0 Å². The van der Waals surface area contributed by atoms with E-state index in [1.807, 2.05) is 60.7 Å². The number of ether oxygens (including phenoxy) is 1. The van der Waals surface area contributed by atoms with Crippen LogP contribution in [0.2, 0.25) is 0 Å². The summed E-state index contributed by atoms with van der Waals surface area (Å²) in [5.41, 5.74) is 1.94. The fourth-order valence-corrected chi connectivity index (χ4v) is 3.58. The maximum absolute atomic E-state index is 12.4. The highest BCUT2D eigenvalue weighted by Crippen LogP contribution is 2.11. The lowest BCUT2D eigenvalue weighted by Crippen LogP contribution is -2.60. The minimum Gasteiger partial charge on any atom is -0.465 e. The molecular weight excluding hydrogens is 426 g/mol. The van der Waals surface area contributed by atoms with E-state index < -0.39 is 17.9 Å². The molecule has 3 rings (SSSR count). The van der Waals surface area contributed by atoms with E-state index in [0.29, 0.717) is 19.5 Å². The van der Waals surface area contributed by atoms with Gasteiger partial charge in [0.1, 0.15) is 6.04 Å². The maximum Gasteiger partial charge on any atom is 0.308 e. The predicted molar refractivity (Wildman–Crippen MR) is 125 cm³/mol. The van der Waals surface area contributed by atoms with Gasteiger partial charge in [-0.05, 0) is 29.4 Å². The molecule has 0 aliphatic carbocycles. The molecule has 2 amide bonds. The molecule has 7 nitrogen and oxygen atoms in total. The summed E-state index contributed by atoms with van der Waals surface area (Å²) in [5.74, 6) is -1.23. The van der Waals surface area contributed by atoms with Gasteiger partial charge < -0.3 is 15.0 Å². The third-order valence-electron chi connectivity index (χ3n) is 4.91. The first-order chi connectivity index (χ1) is 15.5. The molecule has 1 aliphatic heterocycles. The Labute approximate surface area is 192 Å². The average molecular weight is 452 g/mol. The molecule has 0 unspecified atom stereocenters. The molecule has 2 aromatic rings. The van der Waals surface area contributed by atoms with Gasteiger partial charge in [0.2, 0.25) is 11.8 Å². The van der Waals surface area contributed by atoms with E-state index in [4.69, 9.17) is 17.0 Å². The third kappa shape index (κ3) is 7.02. The fourth-order valence-electron chi connectivity index (χ4n) is 3.26. The van der Waals surface area contributed by atoms with Gasteiger partial charge in [-0.25, -0.2) is 0 Å². The summed E-state index contributed by atoms with van der Waals surface area (Å²) in [6.45, 7) is 0.978. The monoisotopic (exact) mass is 451 g/mol. The lowest BCUT2D eigenvalue weighted by atomic mass is 10.1. The van der Waals surface area contributed by atoms with Crippen molar-refractivity contribution >= 4 is 41.2 Å². The third-order valence-corrected chi connectivity index (χ3v) is 5.24. The van der Waals surface area contributed by atoms with Crippen molar-refractivity contribution in [1.82, 2.24) is 15.5 Å². The molecule has 1 aliphatic rings. The van der Waals surface area contributed by atoms with Gasteiger partial charge in [0, 0.05) is 25.6 Å². The van der Waals surface area contributed by atoms with Crippen molar-refractivity contribution in [2.24, 2.45) is 0 Å². The number of nitrogens with zero attached hydrogens (tertiary/aromatic N) is 1. The van der Waals surface area contributed by atoms with Crippen LogP contribution in [0.4, 0.5) is 0 Å². The Balaban J connectivity index is 1.52. The second-order valence-electron chi connectivity index (χ2n) is 7.20. The Bertz CT molecular complexity index is 979. The van der Waals surface area contributed by atoms with Crippen LogP contribution >= 0.6 is 12.2 Å². The van der Waals surface area contributed by atoms with Crippen LogP contribution in [0.15, 0.2) is 66.7 Å². The van der Waals surface area contributed by atoms with Gasteiger partial charge in [-0.15, -0.1) is 0 Å². The minimum absolute atomic E-state index is 0.102. The number of esters is 1. The quantitative estimate of drug-likeness (QED) is 0.381. The van der Waals surface area contributed by atoms with Crippen LogP contribution < -0.4 is 10.6 Å². The van der Waals surface area contributed by atoms with Crippen LogP contribution in [0.25, 0.3) is 6.08 Å². The standard InChI is InChI=1S/C24H25N3O4S/c28-21(12-11-18-7-3-1-4-8-18)26-24(32)27-15-14-25-23(30)20(27)17-22(29)31-16-13-19-9-5-2-6-10-19/h1-12,20H,13-17H2,(H,25,30)(H,26,28,32)/b12-11+/t20-/m1/s1. The first-order valence-electron chi connectivity index (χ1n) is 10.3. The number of thiocarbonyl (C=S) groups is 1. The molecule has 1 saturated heterocycles. The van der Waals surface area contributed by atoms with E-state index >= 15 is 0 Å². The van der Waals surface area contributed by atoms with Crippen molar-refractivity contribution in [3.8, 4) is 0 Å². The number of amides is 2. The summed E-state index contributed by atoms with van der Waals surface area (Å²) < 4.78 is 5.31. The molecule has 1 atom stereocenters. The van der Waals surface area contributed by atoms with Crippen molar-refractivity contribution in [3.63, 3.8) is 0 Å². The molecule has 1 heterocycles. The Kier molecular flexibility index (Phi) is 8.51. The molecule has 32 heavy (non-hydrogen) atoms. The number of hydrogen-bond acceptors (Lipinski definition) is 5. The molecule has 166 valence electrons. The first kappa shape index (κ1) is 23.1. The molecule has 2 aromatic carbocycles. The highest BCUT2D eigenvalue weighted by atomic mass is 32.1. The number of carbonyl (C=O) groups is 3. The molecule has 0 spiro atoms. The Hall–Kier alpha value is -3.52. The SMILES string of the molecule is O=C(/C=C/c1ccccc1)NC(=S)N1CCNC(=O)[C@H]1CC(=O)OCCc1ccccc1. The minimum atomic E-state index is -0.834. The lowest BCUT2D eigenvalue weighted by molar-refractivity contribution is -0.147. The van der Waals surface area contributed by atoms with E-state index in [-0.39, 0.29) is 24.0 Å². The molecule has 0 bridgehead atoms. The fraction of sp³-hybridized carbons (Fsp3) is 0.250. The van der Waals surface area contributed by atoms with Crippen LogP contribution in [-0.4, -0.2) is 53.5 Å². The lowest BCUT2D eigenvalue weighted by Gasteiger charge is -2.36.